The van der Waals surface area contributed by atoms with Crippen LogP contribution in [0.15, 0.2) is 84.9 Å². The van der Waals surface area contributed by atoms with Crippen molar-refractivity contribution in [1.82, 2.24) is 0 Å². The Morgan fingerprint density at radius 3 is 1.83 bits per heavy atom. The van der Waals surface area contributed by atoms with E-state index in [9.17, 15) is 9.59 Å². The van der Waals surface area contributed by atoms with Crippen molar-refractivity contribution in [1.29, 1.82) is 0 Å². The minimum absolute atomic E-state index is 0.0924. The van der Waals surface area contributed by atoms with E-state index < -0.39 is 0 Å². The molecule has 6 rings (SSSR count). The van der Waals surface area contributed by atoms with Gasteiger partial charge in [-0.15, -0.1) is 0 Å². The summed E-state index contributed by atoms with van der Waals surface area (Å²) in [5.74, 6) is 0.191. The molecule has 2 nitrogen and oxygen atoms in total. The summed E-state index contributed by atoms with van der Waals surface area (Å²) >= 11 is 0. The Labute approximate surface area is 168 Å². The minimum atomic E-state index is 0.0924. The van der Waals surface area contributed by atoms with Crippen LogP contribution in [-0.2, 0) is 6.42 Å². The third-order valence-corrected chi connectivity index (χ3v) is 6.05. The molecule has 29 heavy (non-hydrogen) atoms. The van der Waals surface area contributed by atoms with E-state index in [1.54, 1.807) is 0 Å². The van der Waals surface area contributed by atoms with Gasteiger partial charge in [0.25, 0.3) is 0 Å². The van der Waals surface area contributed by atoms with Crippen LogP contribution in [0.4, 0.5) is 0 Å². The van der Waals surface area contributed by atoms with Gasteiger partial charge in [-0.2, -0.15) is 0 Å². The van der Waals surface area contributed by atoms with Crippen molar-refractivity contribution < 1.29 is 9.59 Å². The van der Waals surface area contributed by atoms with Crippen molar-refractivity contribution in [3.05, 3.63) is 118 Å². The highest BCUT2D eigenvalue weighted by Crippen LogP contribution is 2.39. The normalized spacial score (nSPS) is 13.5. The van der Waals surface area contributed by atoms with Crippen molar-refractivity contribution in [2.75, 3.05) is 0 Å². The van der Waals surface area contributed by atoms with E-state index in [0.29, 0.717) is 0 Å². The Bertz CT molecular complexity index is 1360. The lowest BCUT2D eigenvalue weighted by Gasteiger charge is -2.19. The molecule has 0 radical (unpaired) electrons. The molecular formula is C27H16O2. The van der Waals surface area contributed by atoms with Crippen LogP contribution in [0.25, 0.3) is 22.3 Å². The lowest BCUT2D eigenvalue weighted by Crippen LogP contribution is -2.14. The summed E-state index contributed by atoms with van der Waals surface area (Å²) in [6.07, 6.45) is 0.761. The van der Waals surface area contributed by atoms with Crippen LogP contribution in [0.1, 0.15) is 43.0 Å². The number of carbonyl (C=O) groups is 2. The molecule has 4 aromatic rings. The molecule has 0 heterocycles. The molecule has 0 N–H and O–H groups in total. The molecule has 0 saturated heterocycles. The zero-order chi connectivity index (χ0) is 19.5. The fourth-order valence-corrected chi connectivity index (χ4v) is 4.59. The topological polar surface area (TPSA) is 34.1 Å². The van der Waals surface area contributed by atoms with Crippen LogP contribution in [0, 0.1) is 0 Å². The highest BCUT2D eigenvalue weighted by molar-refractivity contribution is 6.22. The molecule has 0 saturated carbocycles. The summed E-state index contributed by atoms with van der Waals surface area (Å²) in [7, 11) is 0. The van der Waals surface area contributed by atoms with Crippen LogP contribution in [0.5, 0.6) is 0 Å². The van der Waals surface area contributed by atoms with Gasteiger partial charge in [-0.25, -0.2) is 0 Å². The third-order valence-electron chi connectivity index (χ3n) is 6.05. The van der Waals surface area contributed by atoms with Crippen molar-refractivity contribution in [3.8, 4) is 22.3 Å². The quantitative estimate of drug-likeness (QED) is 0.371. The maximum absolute atomic E-state index is 12.8. The second kappa shape index (κ2) is 5.86. The van der Waals surface area contributed by atoms with Crippen molar-refractivity contribution in [3.63, 3.8) is 0 Å². The SMILES string of the molecule is O=C1c2ccccc2Cc2cc(-c3ccc4c(c3)-c3ccccc3C4=O)ccc21. The van der Waals surface area contributed by atoms with Crippen molar-refractivity contribution in [2.24, 2.45) is 0 Å². The number of rotatable bonds is 1. The molecule has 2 aliphatic carbocycles. The highest BCUT2D eigenvalue weighted by atomic mass is 16.1. The van der Waals surface area contributed by atoms with E-state index >= 15 is 0 Å². The first-order chi connectivity index (χ1) is 14.2. The molecule has 0 aliphatic heterocycles. The molecule has 0 amide bonds. The van der Waals surface area contributed by atoms with E-state index in [-0.39, 0.29) is 11.6 Å². The smallest absolute Gasteiger partial charge is 0.194 e. The van der Waals surface area contributed by atoms with E-state index in [1.807, 2.05) is 72.8 Å². The van der Waals surface area contributed by atoms with E-state index in [2.05, 4.69) is 12.1 Å². The zero-order valence-corrected chi connectivity index (χ0v) is 15.6. The van der Waals surface area contributed by atoms with Crippen LogP contribution in [0.3, 0.4) is 0 Å². The lowest BCUT2D eigenvalue weighted by atomic mass is 9.83. The lowest BCUT2D eigenvalue weighted by molar-refractivity contribution is 0.103. The Hall–Kier alpha value is -3.78. The maximum Gasteiger partial charge on any atom is 0.194 e. The van der Waals surface area contributed by atoms with Crippen LogP contribution in [0.2, 0.25) is 0 Å². The number of hydrogen-bond acceptors (Lipinski definition) is 2. The number of hydrogen-bond donors (Lipinski definition) is 0. The molecule has 2 heteroatoms. The average molecular weight is 372 g/mol. The molecular weight excluding hydrogens is 356 g/mol. The third kappa shape index (κ3) is 2.29. The average Bonchev–Trinajstić information content (AvgIpc) is 3.05. The monoisotopic (exact) mass is 372 g/mol. The predicted octanol–water partition coefficient (Wildman–Crippen LogP) is 5.70. The second-order valence-electron chi connectivity index (χ2n) is 7.67. The molecule has 2 aliphatic rings. The number of ketones is 2. The summed E-state index contributed by atoms with van der Waals surface area (Å²) in [5, 5.41) is 0. The maximum atomic E-state index is 12.8. The number of benzene rings is 4. The Balaban J connectivity index is 1.46. The van der Waals surface area contributed by atoms with Crippen LogP contribution < -0.4 is 0 Å². The standard InChI is InChI=1S/C27H16O2/c28-26-20-6-2-1-5-18(20)14-19-13-16(9-11-21(19)26)17-10-12-24-25(15-17)22-7-3-4-8-23(22)27(24)29/h1-13,15H,14H2. The van der Waals surface area contributed by atoms with E-state index in [1.165, 1.54) is 0 Å². The predicted molar refractivity (Wildman–Crippen MR) is 113 cm³/mol. The fourth-order valence-electron chi connectivity index (χ4n) is 4.59. The summed E-state index contributed by atoms with van der Waals surface area (Å²) in [6, 6.07) is 27.7. The molecule has 4 aromatic carbocycles. The summed E-state index contributed by atoms with van der Waals surface area (Å²) in [5.41, 5.74) is 9.37. The second-order valence-corrected chi connectivity index (χ2v) is 7.67. The largest absolute Gasteiger partial charge is 0.289 e. The van der Waals surface area contributed by atoms with Gasteiger partial charge in [-0.3, -0.25) is 9.59 Å². The van der Waals surface area contributed by atoms with Gasteiger partial charge in [-0.05, 0) is 51.9 Å². The van der Waals surface area contributed by atoms with Gasteiger partial charge in [0, 0.05) is 22.3 Å². The molecule has 0 fully saturated rings. The van der Waals surface area contributed by atoms with Gasteiger partial charge in [0.1, 0.15) is 0 Å². The Morgan fingerprint density at radius 1 is 0.448 bits per heavy atom. The van der Waals surface area contributed by atoms with Gasteiger partial charge < -0.3 is 0 Å². The van der Waals surface area contributed by atoms with E-state index in [4.69, 9.17) is 0 Å². The molecule has 136 valence electrons. The zero-order valence-electron chi connectivity index (χ0n) is 15.6. The first-order valence-corrected chi connectivity index (χ1v) is 9.75. The summed E-state index contributed by atoms with van der Waals surface area (Å²) in [4.78, 5) is 25.5. The highest BCUT2D eigenvalue weighted by Gasteiger charge is 2.27. The first-order valence-electron chi connectivity index (χ1n) is 9.75. The van der Waals surface area contributed by atoms with Gasteiger partial charge in [-0.1, -0.05) is 72.8 Å². The van der Waals surface area contributed by atoms with Crippen LogP contribution in [-0.4, -0.2) is 11.6 Å². The first kappa shape index (κ1) is 16.2. The summed E-state index contributed by atoms with van der Waals surface area (Å²) in [6.45, 7) is 0. The molecule has 0 aromatic heterocycles. The van der Waals surface area contributed by atoms with Gasteiger partial charge >= 0.3 is 0 Å². The molecule has 0 unspecified atom stereocenters. The number of fused-ring (bicyclic) bond motifs is 5. The summed E-state index contributed by atoms with van der Waals surface area (Å²) < 4.78 is 0. The van der Waals surface area contributed by atoms with Gasteiger partial charge in [0.15, 0.2) is 11.6 Å². The van der Waals surface area contributed by atoms with Gasteiger partial charge in [0.2, 0.25) is 0 Å². The molecule has 0 bridgehead atoms. The van der Waals surface area contributed by atoms with Gasteiger partial charge in [0.05, 0.1) is 0 Å². The van der Waals surface area contributed by atoms with Crippen LogP contribution >= 0.6 is 0 Å². The minimum Gasteiger partial charge on any atom is -0.289 e. The van der Waals surface area contributed by atoms with Crippen molar-refractivity contribution in [2.45, 2.75) is 6.42 Å². The Morgan fingerprint density at radius 2 is 1.00 bits per heavy atom. The van der Waals surface area contributed by atoms with E-state index in [0.717, 1.165) is 62.1 Å². The van der Waals surface area contributed by atoms with Crippen molar-refractivity contribution >= 4 is 11.6 Å². The Kier molecular flexibility index (Phi) is 3.27. The molecule has 0 spiro atoms. The fraction of sp³-hybridized carbons (Fsp3) is 0.0370. The molecule has 0 atom stereocenters. The number of carbonyl (C=O) groups excluding carboxylic acids is 2.